The molecule has 1 aliphatic rings. The molecule has 0 bridgehead atoms. The maximum Gasteiger partial charge on any atom is 0.459 e. The molecule has 0 amide bonds. The number of nitrogens with one attached hydrogen (secondary N) is 1. The van der Waals surface area contributed by atoms with Gasteiger partial charge in [0.05, 0.1) is 25.6 Å². The summed E-state index contributed by atoms with van der Waals surface area (Å²) in [5.41, 5.74) is 7.78. The monoisotopic (exact) mass is 516 g/mol. The van der Waals surface area contributed by atoms with Gasteiger partial charge in [0.25, 0.3) is 0 Å². The summed E-state index contributed by atoms with van der Waals surface area (Å²) in [7, 11) is -3.95. The molecule has 2 heterocycles. The third-order valence-electron chi connectivity index (χ3n) is 5.66. The van der Waals surface area contributed by atoms with E-state index in [-0.39, 0.29) is 24.5 Å². The lowest BCUT2D eigenvalue weighted by Gasteiger charge is -2.24. The van der Waals surface area contributed by atoms with Gasteiger partial charge >= 0.3 is 13.7 Å². The van der Waals surface area contributed by atoms with Crippen LogP contribution in [0.4, 0.5) is 5.95 Å². The molecule has 0 saturated carbocycles. The largest absolute Gasteiger partial charge is 0.480 e. The number of carboxylic acids is 1. The Kier molecular flexibility index (Phi) is 7.58. The van der Waals surface area contributed by atoms with Crippen LogP contribution in [0.2, 0.25) is 0 Å². The van der Waals surface area contributed by atoms with Crippen molar-refractivity contribution in [3.8, 4) is 11.6 Å². The highest BCUT2D eigenvalue weighted by Gasteiger charge is 2.33. The normalized spacial score (nSPS) is 19.8. The van der Waals surface area contributed by atoms with Crippen molar-refractivity contribution in [2.24, 2.45) is 0 Å². The van der Waals surface area contributed by atoms with Crippen LogP contribution in [0, 0.1) is 0 Å². The number of rotatable bonds is 11. The standard InChI is InChI=1S/C23H29N6O6P/c1-4-33-21-19-20(26-23(24)27-21)29(13-25-19)16-11-10-15(12-16)17-8-6-7-9-18(17)35-36(32,34-5-2)28-14(3)22(30)31/h6-11,13-16H,4-5,12H2,1-3H3,(H,28,32)(H,30,31)(H2,24,26,27)/t14-,15-,16+,36?/m1/s1. The third-order valence-corrected chi connectivity index (χ3v) is 7.40. The SMILES string of the molecule is CCOc1nc(N)nc2c1ncn2[C@H]1C=C[C@@H](c2ccccc2OP(=O)(N[C@H](C)C(=O)O)OCC)C1. The minimum Gasteiger partial charge on any atom is -0.480 e. The van der Waals surface area contributed by atoms with E-state index < -0.39 is 19.8 Å². The van der Waals surface area contributed by atoms with E-state index in [0.29, 0.717) is 35.8 Å². The molecule has 192 valence electrons. The van der Waals surface area contributed by atoms with Gasteiger partial charge in [-0.1, -0.05) is 30.4 Å². The van der Waals surface area contributed by atoms with E-state index in [1.165, 1.54) is 6.92 Å². The summed E-state index contributed by atoms with van der Waals surface area (Å²) in [5.74, 6) is -0.472. The average Bonchev–Trinajstić information content (AvgIpc) is 3.46. The van der Waals surface area contributed by atoms with Crippen LogP contribution in [-0.2, 0) is 13.9 Å². The molecule has 0 spiro atoms. The van der Waals surface area contributed by atoms with Crippen molar-refractivity contribution < 1.29 is 28.3 Å². The molecule has 1 aliphatic carbocycles. The topological polar surface area (TPSA) is 164 Å². The lowest BCUT2D eigenvalue weighted by molar-refractivity contribution is -0.138. The fourth-order valence-corrected chi connectivity index (χ4v) is 5.58. The van der Waals surface area contributed by atoms with Gasteiger partial charge in [0, 0.05) is 11.5 Å². The molecule has 0 aliphatic heterocycles. The Morgan fingerprint density at radius 1 is 1.28 bits per heavy atom. The van der Waals surface area contributed by atoms with E-state index in [4.69, 9.17) is 19.5 Å². The maximum absolute atomic E-state index is 13.3. The Bertz CT molecular complexity index is 1330. The van der Waals surface area contributed by atoms with Crippen molar-refractivity contribution in [3.63, 3.8) is 0 Å². The molecule has 36 heavy (non-hydrogen) atoms. The van der Waals surface area contributed by atoms with Gasteiger partial charge in [0.2, 0.25) is 11.8 Å². The van der Waals surface area contributed by atoms with E-state index in [0.717, 1.165) is 5.56 Å². The predicted molar refractivity (Wildman–Crippen MR) is 133 cm³/mol. The summed E-state index contributed by atoms with van der Waals surface area (Å²) in [6.07, 6.45) is 6.40. The summed E-state index contributed by atoms with van der Waals surface area (Å²) in [6, 6.07) is 5.96. The molecule has 4 atom stereocenters. The second-order valence-electron chi connectivity index (χ2n) is 8.17. The molecule has 2 aromatic heterocycles. The fraction of sp³-hybridized carbons (Fsp3) is 0.391. The van der Waals surface area contributed by atoms with E-state index in [9.17, 15) is 14.5 Å². The highest BCUT2D eigenvalue weighted by molar-refractivity contribution is 7.52. The molecule has 0 saturated heterocycles. The molecule has 4 N–H and O–H groups in total. The molecule has 12 nitrogen and oxygen atoms in total. The molecule has 0 fully saturated rings. The summed E-state index contributed by atoms with van der Waals surface area (Å²) in [6.45, 7) is 5.38. The maximum atomic E-state index is 13.3. The van der Waals surface area contributed by atoms with Gasteiger partial charge in [-0.3, -0.25) is 9.32 Å². The first-order valence-electron chi connectivity index (χ1n) is 11.6. The number of aromatic nitrogens is 4. The predicted octanol–water partition coefficient (Wildman–Crippen LogP) is 3.68. The van der Waals surface area contributed by atoms with E-state index in [2.05, 4.69) is 20.0 Å². The number of fused-ring (bicyclic) bond motifs is 1. The van der Waals surface area contributed by atoms with Gasteiger partial charge in [-0.15, -0.1) is 0 Å². The Hall–Kier alpha value is -3.47. The van der Waals surface area contributed by atoms with Gasteiger partial charge < -0.3 is 24.7 Å². The Morgan fingerprint density at radius 3 is 2.78 bits per heavy atom. The first-order chi connectivity index (χ1) is 17.2. The molecule has 13 heteroatoms. The number of carboxylic acid groups (broad SMARTS) is 1. The zero-order valence-electron chi connectivity index (χ0n) is 20.2. The van der Waals surface area contributed by atoms with Crippen molar-refractivity contribution in [1.29, 1.82) is 0 Å². The van der Waals surface area contributed by atoms with Gasteiger partial charge in [-0.25, -0.2) is 9.55 Å². The lowest BCUT2D eigenvalue weighted by atomic mass is 9.97. The first-order valence-corrected chi connectivity index (χ1v) is 13.1. The number of nitrogens with two attached hydrogens (primary N) is 1. The van der Waals surface area contributed by atoms with Gasteiger partial charge in [-0.2, -0.15) is 15.1 Å². The van der Waals surface area contributed by atoms with Crippen LogP contribution in [0.5, 0.6) is 11.6 Å². The van der Waals surface area contributed by atoms with Crippen LogP contribution in [0.25, 0.3) is 11.2 Å². The number of nitrogen functional groups attached to an aromatic ring is 1. The number of hydrogen-bond acceptors (Lipinski definition) is 9. The Balaban J connectivity index is 1.59. The Labute approximate surface area is 208 Å². The van der Waals surface area contributed by atoms with Crippen LogP contribution in [0.1, 0.15) is 44.7 Å². The van der Waals surface area contributed by atoms with Crippen molar-refractivity contribution in [2.75, 3.05) is 18.9 Å². The highest BCUT2D eigenvalue weighted by Crippen LogP contribution is 2.48. The van der Waals surface area contributed by atoms with E-state index >= 15 is 0 Å². The molecule has 4 rings (SSSR count). The number of carbonyl (C=O) groups is 1. The first kappa shape index (κ1) is 25.6. The molecule has 3 aromatic rings. The summed E-state index contributed by atoms with van der Waals surface area (Å²) < 4.78 is 31.9. The minimum atomic E-state index is -3.95. The third kappa shape index (κ3) is 5.35. The van der Waals surface area contributed by atoms with Crippen LogP contribution in [-0.4, -0.2) is 49.9 Å². The summed E-state index contributed by atoms with van der Waals surface area (Å²) in [4.78, 5) is 24.2. The van der Waals surface area contributed by atoms with E-state index in [1.54, 1.807) is 25.4 Å². The van der Waals surface area contributed by atoms with Crippen LogP contribution < -0.4 is 20.1 Å². The van der Waals surface area contributed by atoms with Crippen LogP contribution >= 0.6 is 7.75 Å². The summed E-state index contributed by atoms with van der Waals surface area (Å²) in [5, 5.41) is 11.7. The minimum absolute atomic E-state index is 0.0760. The number of ether oxygens (including phenoxy) is 1. The Morgan fingerprint density at radius 2 is 2.06 bits per heavy atom. The second kappa shape index (κ2) is 10.7. The van der Waals surface area contributed by atoms with Crippen molar-refractivity contribution in [1.82, 2.24) is 24.6 Å². The number of imidazole rings is 1. The number of benzene rings is 1. The molecule has 1 unspecified atom stereocenters. The quantitative estimate of drug-likeness (QED) is 0.251. The van der Waals surface area contributed by atoms with Crippen LogP contribution in [0.15, 0.2) is 42.7 Å². The number of anilines is 1. The highest BCUT2D eigenvalue weighted by atomic mass is 31.2. The van der Waals surface area contributed by atoms with E-state index in [1.807, 2.05) is 35.8 Å². The smallest absolute Gasteiger partial charge is 0.459 e. The molecular formula is C23H29N6O6P. The fourth-order valence-electron chi connectivity index (χ4n) is 4.06. The average molecular weight is 516 g/mol. The van der Waals surface area contributed by atoms with Gasteiger partial charge in [0.15, 0.2) is 11.2 Å². The van der Waals surface area contributed by atoms with Crippen molar-refractivity contribution >= 4 is 30.8 Å². The molecule has 1 aromatic carbocycles. The zero-order chi connectivity index (χ0) is 25.9. The second-order valence-corrected chi connectivity index (χ2v) is 9.87. The van der Waals surface area contributed by atoms with Crippen molar-refractivity contribution in [3.05, 3.63) is 48.3 Å². The van der Waals surface area contributed by atoms with Gasteiger partial charge in [0.1, 0.15) is 11.8 Å². The van der Waals surface area contributed by atoms with Crippen molar-refractivity contribution in [2.45, 2.75) is 45.2 Å². The number of nitrogens with zero attached hydrogens (tertiary/aromatic N) is 4. The van der Waals surface area contributed by atoms with Gasteiger partial charge in [-0.05, 0) is 33.3 Å². The lowest BCUT2D eigenvalue weighted by Crippen LogP contribution is -2.33. The number of allylic oxidation sites excluding steroid dienone is 2. The molecule has 0 radical (unpaired) electrons. The zero-order valence-corrected chi connectivity index (χ0v) is 21.1. The molecular weight excluding hydrogens is 487 g/mol. The number of aliphatic carboxylic acids is 1. The number of hydrogen-bond donors (Lipinski definition) is 3. The summed E-state index contributed by atoms with van der Waals surface area (Å²) >= 11 is 0. The van der Waals surface area contributed by atoms with Crippen LogP contribution in [0.3, 0.4) is 0 Å². The number of para-hydroxylation sites is 1.